The lowest BCUT2D eigenvalue weighted by Crippen LogP contribution is -2.16. The van der Waals surface area contributed by atoms with Crippen LogP contribution in [0.2, 0.25) is 0 Å². The first-order valence-electron chi connectivity index (χ1n) is 4.92. The Labute approximate surface area is 75.3 Å². The Kier molecular flexibility index (Phi) is 6.82. The average molecular weight is 172 g/mol. The van der Waals surface area contributed by atoms with Gasteiger partial charge in [0.2, 0.25) is 0 Å². The summed E-state index contributed by atoms with van der Waals surface area (Å²) in [5, 5.41) is 0. The molecule has 72 valence electrons. The Bertz CT molecular complexity index is 117. The van der Waals surface area contributed by atoms with Gasteiger partial charge in [-0.3, -0.25) is 4.79 Å². The number of unbranched alkanes of at least 4 members (excludes halogenated alkanes) is 1. The maximum Gasteiger partial charge on any atom is 0.308 e. The van der Waals surface area contributed by atoms with Crippen molar-refractivity contribution < 1.29 is 9.53 Å². The molecule has 0 saturated heterocycles. The molecule has 0 aromatic heterocycles. The van der Waals surface area contributed by atoms with Crippen molar-refractivity contribution in [1.29, 1.82) is 0 Å². The highest BCUT2D eigenvalue weighted by atomic mass is 16.5. The van der Waals surface area contributed by atoms with E-state index in [2.05, 4.69) is 6.92 Å². The van der Waals surface area contributed by atoms with Crippen LogP contribution in [-0.2, 0) is 9.53 Å². The summed E-state index contributed by atoms with van der Waals surface area (Å²) in [5.74, 6) is 0.0929. The third kappa shape index (κ3) is 4.37. The largest absolute Gasteiger partial charge is 0.465 e. The molecule has 0 fully saturated rings. The first-order chi connectivity index (χ1) is 5.76. The molecule has 0 bridgehead atoms. The Morgan fingerprint density at radius 2 is 1.83 bits per heavy atom. The van der Waals surface area contributed by atoms with Crippen molar-refractivity contribution in [3.8, 4) is 0 Å². The van der Waals surface area contributed by atoms with Crippen LogP contribution in [0.5, 0.6) is 0 Å². The molecule has 0 saturated carbocycles. The van der Waals surface area contributed by atoms with Gasteiger partial charge in [-0.05, 0) is 19.3 Å². The topological polar surface area (TPSA) is 26.3 Å². The van der Waals surface area contributed by atoms with Crippen LogP contribution in [0.4, 0.5) is 0 Å². The lowest BCUT2D eigenvalue weighted by Gasteiger charge is -2.11. The molecule has 0 aromatic rings. The van der Waals surface area contributed by atoms with E-state index < -0.39 is 0 Å². The molecule has 0 aromatic carbocycles. The van der Waals surface area contributed by atoms with Crippen LogP contribution in [0.3, 0.4) is 0 Å². The summed E-state index contributed by atoms with van der Waals surface area (Å²) in [6, 6.07) is 0. The van der Waals surface area contributed by atoms with Crippen LogP contribution in [-0.4, -0.2) is 12.6 Å². The second kappa shape index (κ2) is 7.14. The van der Waals surface area contributed by atoms with Gasteiger partial charge in [0.05, 0.1) is 12.5 Å². The maximum absolute atomic E-state index is 11.3. The van der Waals surface area contributed by atoms with Gasteiger partial charge in [-0.15, -0.1) is 0 Å². The van der Waals surface area contributed by atoms with Gasteiger partial charge in [0.15, 0.2) is 0 Å². The van der Waals surface area contributed by atoms with Gasteiger partial charge in [0.1, 0.15) is 0 Å². The van der Waals surface area contributed by atoms with E-state index in [1.165, 1.54) is 0 Å². The number of carbonyl (C=O) groups excluding carboxylic acids is 1. The molecule has 0 spiro atoms. The lowest BCUT2D eigenvalue weighted by molar-refractivity contribution is -0.148. The Morgan fingerprint density at radius 3 is 2.25 bits per heavy atom. The second-order valence-corrected chi connectivity index (χ2v) is 3.03. The van der Waals surface area contributed by atoms with E-state index in [0.29, 0.717) is 6.61 Å². The van der Waals surface area contributed by atoms with E-state index in [0.717, 1.165) is 25.7 Å². The van der Waals surface area contributed by atoms with Gasteiger partial charge in [-0.1, -0.05) is 27.2 Å². The molecule has 0 radical (unpaired) electrons. The zero-order valence-corrected chi connectivity index (χ0v) is 8.43. The van der Waals surface area contributed by atoms with Crippen LogP contribution in [0.25, 0.3) is 0 Å². The van der Waals surface area contributed by atoms with Gasteiger partial charge in [-0.2, -0.15) is 0 Å². The highest BCUT2D eigenvalue weighted by Crippen LogP contribution is 2.09. The van der Waals surface area contributed by atoms with E-state index in [-0.39, 0.29) is 11.9 Å². The predicted molar refractivity (Wildman–Crippen MR) is 49.9 cm³/mol. The minimum atomic E-state index is -0.0200. The summed E-state index contributed by atoms with van der Waals surface area (Å²) in [4.78, 5) is 11.3. The van der Waals surface area contributed by atoms with E-state index in [1.807, 2.05) is 13.8 Å². The number of esters is 1. The van der Waals surface area contributed by atoms with Crippen molar-refractivity contribution in [2.75, 3.05) is 6.61 Å². The summed E-state index contributed by atoms with van der Waals surface area (Å²) in [6.45, 7) is 6.72. The first-order valence-corrected chi connectivity index (χ1v) is 4.92. The molecule has 0 heterocycles. The number of rotatable bonds is 6. The van der Waals surface area contributed by atoms with Crippen molar-refractivity contribution in [1.82, 2.24) is 0 Å². The molecule has 0 aliphatic heterocycles. The van der Waals surface area contributed by atoms with E-state index in [9.17, 15) is 4.79 Å². The smallest absolute Gasteiger partial charge is 0.308 e. The Hall–Kier alpha value is -0.530. The lowest BCUT2D eigenvalue weighted by atomic mass is 10.0. The zero-order valence-electron chi connectivity index (χ0n) is 8.43. The maximum atomic E-state index is 11.3. The number of carbonyl (C=O) groups is 1. The van der Waals surface area contributed by atoms with Crippen LogP contribution >= 0.6 is 0 Å². The monoisotopic (exact) mass is 172 g/mol. The van der Waals surface area contributed by atoms with Crippen molar-refractivity contribution >= 4 is 5.97 Å². The standard InChI is InChI=1S/C10H20O2/c1-4-7-8-12-10(11)9(5-2)6-3/h9H,4-8H2,1-3H3. The van der Waals surface area contributed by atoms with Crippen LogP contribution < -0.4 is 0 Å². The fraction of sp³-hybridized carbons (Fsp3) is 0.900. The predicted octanol–water partition coefficient (Wildman–Crippen LogP) is 2.77. The molecule has 0 rings (SSSR count). The fourth-order valence-electron chi connectivity index (χ4n) is 1.06. The molecule has 12 heavy (non-hydrogen) atoms. The number of hydrogen-bond acceptors (Lipinski definition) is 2. The van der Waals surface area contributed by atoms with E-state index >= 15 is 0 Å². The normalized spacial score (nSPS) is 10.3. The van der Waals surface area contributed by atoms with Gasteiger partial charge >= 0.3 is 5.97 Å². The molecule has 0 aliphatic rings. The summed E-state index contributed by atoms with van der Waals surface area (Å²) >= 11 is 0. The van der Waals surface area contributed by atoms with Crippen molar-refractivity contribution in [2.45, 2.75) is 46.5 Å². The number of hydrogen-bond donors (Lipinski definition) is 0. The van der Waals surface area contributed by atoms with Crippen LogP contribution in [0.1, 0.15) is 46.5 Å². The summed E-state index contributed by atoms with van der Waals surface area (Å²) in [5.41, 5.74) is 0. The zero-order chi connectivity index (χ0) is 9.40. The molecule has 0 amide bonds. The minimum absolute atomic E-state index is 0.0200. The molecule has 2 nitrogen and oxygen atoms in total. The van der Waals surface area contributed by atoms with Crippen LogP contribution in [0.15, 0.2) is 0 Å². The van der Waals surface area contributed by atoms with Crippen molar-refractivity contribution in [2.24, 2.45) is 5.92 Å². The van der Waals surface area contributed by atoms with Gasteiger partial charge in [0.25, 0.3) is 0 Å². The van der Waals surface area contributed by atoms with Gasteiger partial charge in [-0.25, -0.2) is 0 Å². The molecular formula is C10H20O2. The highest BCUT2D eigenvalue weighted by Gasteiger charge is 2.14. The Balaban J connectivity index is 3.54. The molecule has 0 N–H and O–H groups in total. The minimum Gasteiger partial charge on any atom is -0.465 e. The molecule has 2 heteroatoms. The highest BCUT2D eigenvalue weighted by molar-refractivity contribution is 5.72. The quantitative estimate of drug-likeness (QED) is 0.455. The first kappa shape index (κ1) is 11.5. The van der Waals surface area contributed by atoms with Gasteiger partial charge in [0, 0.05) is 0 Å². The second-order valence-electron chi connectivity index (χ2n) is 3.03. The third-order valence-electron chi connectivity index (χ3n) is 2.06. The fourth-order valence-corrected chi connectivity index (χ4v) is 1.06. The third-order valence-corrected chi connectivity index (χ3v) is 2.06. The molecular weight excluding hydrogens is 152 g/mol. The SMILES string of the molecule is CCCCOC(=O)C(CC)CC. The summed E-state index contributed by atoms with van der Waals surface area (Å²) < 4.78 is 5.09. The molecule has 0 aliphatic carbocycles. The molecule has 0 unspecified atom stereocenters. The molecule has 0 atom stereocenters. The van der Waals surface area contributed by atoms with Crippen LogP contribution in [0, 0.1) is 5.92 Å². The van der Waals surface area contributed by atoms with Crippen molar-refractivity contribution in [3.05, 3.63) is 0 Å². The summed E-state index contributed by atoms with van der Waals surface area (Å²) in [6.07, 6.45) is 3.84. The Morgan fingerprint density at radius 1 is 1.25 bits per heavy atom. The average Bonchev–Trinajstić information content (AvgIpc) is 2.07. The van der Waals surface area contributed by atoms with Gasteiger partial charge < -0.3 is 4.74 Å². The van der Waals surface area contributed by atoms with Crippen molar-refractivity contribution in [3.63, 3.8) is 0 Å². The number of ether oxygens (including phenoxy) is 1. The van der Waals surface area contributed by atoms with E-state index in [1.54, 1.807) is 0 Å². The summed E-state index contributed by atoms with van der Waals surface area (Å²) in [7, 11) is 0. The van der Waals surface area contributed by atoms with E-state index in [4.69, 9.17) is 4.74 Å².